The molecule has 0 radical (unpaired) electrons. The van der Waals surface area contributed by atoms with Gasteiger partial charge in [-0.1, -0.05) is 19.8 Å². The predicted octanol–water partition coefficient (Wildman–Crippen LogP) is 2.63. The summed E-state index contributed by atoms with van der Waals surface area (Å²) in [4.78, 5) is 30.6. The zero-order valence-electron chi connectivity index (χ0n) is 13.5. The molecule has 0 bridgehead atoms. The largest absolute Gasteiger partial charge is 0.350 e. The van der Waals surface area contributed by atoms with Crippen molar-refractivity contribution in [1.82, 2.24) is 15.2 Å². The molecule has 120 valence electrons. The van der Waals surface area contributed by atoms with Crippen LogP contribution in [0.2, 0.25) is 0 Å². The molecule has 1 unspecified atom stereocenters. The Hall–Kier alpha value is -1.91. The average molecular weight is 303 g/mol. The monoisotopic (exact) mass is 303 g/mol. The maximum Gasteiger partial charge on any atom is 0.255 e. The molecule has 1 N–H and O–H groups in total. The molecule has 1 aliphatic rings. The Morgan fingerprint density at radius 3 is 2.45 bits per heavy atom. The molecule has 1 aromatic rings. The fourth-order valence-corrected chi connectivity index (χ4v) is 2.55. The third-order valence-corrected chi connectivity index (χ3v) is 4.13. The van der Waals surface area contributed by atoms with Crippen LogP contribution >= 0.6 is 0 Å². The van der Waals surface area contributed by atoms with Crippen LogP contribution in [-0.4, -0.2) is 40.8 Å². The molecule has 1 fully saturated rings. The molecule has 1 atom stereocenters. The number of amides is 2. The van der Waals surface area contributed by atoms with E-state index in [2.05, 4.69) is 10.3 Å². The van der Waals surface area contributed by atoms with Gasteiger partial charge in [0.2, 0.25) is 0 Å². The number of hydrogen-bond acceptors (Lipinski definition) is 3. The number of nitrogens with zero attached hydrogens (tertiary/aromatic N) is 2. The summed E-state index contributed by atoms with van der Waals surface area (Å²) in [6.45, 7) is 5.56. The van der Waals surface area contributed by atoms with Gasteiger partial charge in [0, 0.05) is 31.5 Å². The van der Waals surface area contributed by atoms with E-state index in [4.69, 9.17) is 0 Å². The molecule has 0 saturated carbocycles. The van der Waals surface area contributed by atoms with E-state index in [9.17, 15) is 9.59 Å². The highest BCUT2D eigenvalue weighted by atomic mass is 16.2. The number of carbonyl (C=O) groups excluding carboxylic acids is 2. The van der Waals surface area contributed by atoms with Crippen molar-refractivity contribution in [3.05, 3.63) is 29.6 Å². The number of rotatable bonds is 4. The molecule has 0 aromatic carbocycles. The summed E-state index contributed by atoms with van der Waals surface area (Å²) in [5.41, 5.74) is 0.944. The molecule has 5 nitrogen and oxygen atoms in total. The first-order valence-electron chi connectivity index (χ1n) is 8.17. The third-order valence-electron chi connectivity index (χ3n) is 4.13. The van der Waals surface area contributed by atoms with E-state index in [1.54, 1.807) is 12.3 Å². The van der Waals surface area contributed by atoms with Crippen LogP contribution in [0.25, 0.3) is 0 Å². The van der Waals surface area contributed by atoms with Crippen LogP contribution in [0, 0.1) is 0 Å². The van der Waals surface area contributed by atoms with Crippen LogP contribution in [0.15, 0.2) is 18.5 Å². The van der Waals surface area contributed by atoms with E-state index >= 15 is 0 Å². The minimum Gasteiger partial charge on any atom is -0.350 e. The highest BCUT2D eigenvalue weighted by Gasteiger charge is 2.19. The van der Waals surface area contributed by atoms with Crippen molar-refractivity contribution < 1.29 is 9.59 Å². The Balaban J connectivity index is 2.09. The maximum absolute atomic E-state index is 12.6. The zero-order valence-corrected chi connectivity index (χ0v) is 13.5. The second-order valence-corrected chi connectivity index (χ2v) is 5.95. The van der Waals surface area contributed by atoms with E-state index in [0.29, 0.717) is 11.1 Å². The van der Waals surface area contributed by atoms with Gasteiger partial charge in [0.25, 0.3) is 11.8 Å². The van der Waals surface area contributed by atoms with Gasteiger partial charge in [-0.15, -0.1) is 0 Å². The predicted molar refractivity (Wildman–Crippen MR) is 85.8 cm³/mol. The molecule has 1 aromatic heterocycles. The third kappa shape index (κ3) is 4.29. The molecule has 5 heteroatoms. The molecule has 0 spiro atoms. The standard InChI is InChI=1S/C17H25N3O2/c1-3-13(2)19-16(21)14-10-15(12-18-11-14)17(22)20-8-6-4-5-7-9-20/h10-13H,3-9H2,1-2H3,(H,19,21). The van der Waals surface area contributed by atoms with Crippen LogP contribution in [0.3, 0.4) is 0 Å². The van der Waals surface area contributed by atoms with Crippen molar-refractivity contribution in [3.63, 3.8) is 0 Å². The summed E-state index contributed by atoms with van der Waals surface area (Å²) in [6.07, 6.45) is 8.38. The van der Waals surface area contributed by atoms with E-state index in [1.807, 2.05) is 18.7 Å². The van der Waals surface area contributed by atoms with Gasteiger partial charge in [0.05, 0.1) is 11.1 Å². The first kappa shape index (κ1) is 16.5. The molecule has 0 aliphatic carbocycles. The number of likely N-dealkylation sites (tertiary alicyclic amines) is 1. The first-order chi connectivity index (χ1) is 10.6. The van der Waals surface area contributed by atoms with E-state index in [-0.39, 0.29) is 17.9 Å². The van der Waals surface area contributed by atoms with Crippen LogP contribution in [-0.2, 0) is 0 Å². The van der Waals surface area contributed by atoms with Gasteiger partial charge < -0.3 is 10.2 Å². The smallest absolute Gasteiger partial charge is 0.255 e. The zero-order chi connectivity index (χ0) is 15.9. The summed E-state index contributed by atoms with van der Waals surface area (Å²) in [6, 6.07) is 1.76. The Morgan fingerprint density at radius 1 is 1.18 bits per heavy atom. The molecule has 2 amide bonds. The van der Waals surface area contributed by atoms with Crippen molar-refractivity contribution in [2.24, 2.45) is 0 Å². The second kappa shape index (κ2) is 7.92. The van der Waals surface area contributed by atoms with Crippen molar-refractivity contribution in [2.45, 2.75) is 52.0 Å². The molecule has 1 aliphatic heterocycles. The van der Waals surface area contributed by atoms with Crippen LogP contribution in [0.1, 0.15) is 66.7 Å². The fourth-order valence-electron chi connectivity index (χ4n) is 2.55. The van der Waals surface area contributed by atoms with Gasteiger partial charge >= 0.3 is 0 Å². The highest BCUT2D eigenvalue weighted by Crippen LogP contribution is 2.14. The van der Waals surface area contributed by atoms with Crippen LogP contribution in [0.4, 0.5) is 0 Å². The number of carbonyl (C=O) groups is 2. The molecular weight excluding hydrogens is 278 g/mol. The van der Waals surface area contributed by atoms with Gasteiger partial charge in [0.1, 0.15) is 0 Å². The average Bonchev–Trinajstić information content (AvgIpc) is 2.83. The molecular formula is C17H25N3O2. The number of pyridine rings is 1. The van der Waals surface area contributed by atoms with Crippen LogP contribution < -0.4 is 5.32 Å². The van der Waals surface area contributed by atoms with Gasteiger partial charge in [-0.3, -0.25) is 14.6 Å². The van der Waals surface area contributed by atoms with Crippen molar-refractivity contribution in [2.75, 3.05) is 13.1 Å². The lowest BCUT2D eigenvalue weighted by Crippen LogP contribution is -2.33. The summed E-state index contributed by atoms with van der Waals surface area (Å²) in [5.74, 6) is -0.194. The van der Waals surface area contributed by atoms with Gasteiger partial charge in [-0.25, -0.2) is 0 Å². The normalized spacial score (nSPS) is 16.7. The lowest BCUT2D eigenvalue weighted by molar-refractivity contribution is 0.0761. The lowest BCUT2D eigenvalue weighted by atomic mass is 10.1. The molecule has 1 saturated heterocycles. The van der Waals surface area contributed by atoms with E-state index in [0.717, 1.165) is 32.4 Å². The Morgan fingerprint density at radius 2 is 1.82 bits per heavy atom. The highest BCUT2D eigenvalue weighted by molar-refractivity contribution is 5.99. The maximum atomic E-state index is 12.6. The van der Waals surface area contributed by atoms with Crippen LogP contribution in [0.5, 0.6) is 0 Å². The Bertz CT molecular complexity index is 522. The second-order valence-electron chi connectivity index (χ2n) is 5.95. The Kier molecular flexibility index (Phi) is 5.92. The quantitative estimate of drug-likeness (QED) is 0.930. The molecule has 22 heavy (non-hydrogen) atoms. The molecule has 2 heterocycles. The number of aromatic nitrogens is 1. The topological polar surface area (TPSA) is 62.3 Å². The van der Waals surface area contributed by atoms with Gasteiger partial charge in [-0.2, -0.15) is 0 Å². The fraction of sp³-hybridized carbons (Fsp3) is 0.588. The number of hydrogen-bond donors (Lipinski definition) is 1. The summed E-state index contributed by atoms with van der Waals surface area (Å²) in [5, 5.41) is 2.90. The Labute approximate surface area is 132 Å². The SMILES string of the molecule is CCC(C)NC(=O)c1cncc(C(=O)N2CCCCCC2)c1. The van der Waals surface area contributed by atoms with Gasteiger partial charge in [-0.05, 0) is 32.3 Å². The van der Waals surface area contributed by atoms with Crippen molar-refractivity contribution >= 4 is 11.8 Å². The first-order valence-corrected chi connectivity index (χ1v) is 8.17. The van der Waals surface area contributed by atoms with Gasteiger partial charge in [0.15, 0.2) is 0 Å². The lowest BCUT2D eigenvalue weighted by Gasteiger charge is -2.20. The van der Waals surface area contributed by atoms with E-state index < -0.39 is 0 Å². The summed E-state index contributed by atoms with van der Waals surface area (Å²) >= 11 is 0. The number of nitrogens with one attached hydrogen (secondary N) is 1. The molecule has 2 rings (SSSR count). The van der Waals surface area contributed by atoms with E-state index in [1.165, 1.54) is 19.0 Å². The van der Waals surface area contributed by atoms with Crippen molar-refractivity contribution in [3.8, 4) is 0 Å². The minimum absolute atomic E-state index is 0.0208. The summed E-state index contributed by atoms with van der Waals surface area (Å²) < 4.78 is 0. The summed E-state index contributed by atoms with van der Waals surface area (Å²) in [7, 11) is 0. The minimum atomic E-state index is -0.174. The van der Waals surface area contributed by atoms with Crippen molar-refractivity contribution in [1.29, 1.82) is 0 Å².